The number of piperazine rings is 1. The Morgan fingerprint density at radius 2 is 2.06 bits per heavy atom. The summed E-state index contributed by atoms with van der Waals surface area (Å²) in [6, 6.07) is 8.84. The van der Waals surface area contributed by atoms with Gasteiger partial charge in [0.25, 0.3) is 0 Å². The van der Waals surface area contributed by atoms with Gasteiger partial charge in [-0.2, -0.15) is 0 Å². The van der Waals surface area contributed by atoms with Gasteiger partial charge in [-0.15, -0.1) is 11.3 Å². The second kappa shape index (κ2) is 5.06. The second-order valence-corrected chi connectivity index (χ2v) is 6.51. The molecule has 17 heavy (non-hydrogen) atoms. The molecule has 1 saturated heterocycles. The minimum absolute atomic E-state index is 1.10. The highest BCUT2D eigenvalue weighted by molar-refractivity contribution is 9.10. The Labute approximate surface area is 114 Å². The number of rotatable bonds is 2. The summed E-state index contributed by atoms with van der Waals surface area (Å²) in [6.45, 7) is 5.67. The SMILES string of the molecule is Brc1ccc2cc(CN3CCNCC3)sc2c1. The molecule has 0 atom stereocenters. The lowest BCUT2D eigenvalue weighted by Gasteiger charge is -2.26. The lowest BCUT2D eigenvalue weighted by atomic mass is 10.2. The van der Waals surface area contributed by atoms with Crippen molar-refractivity contribution >= 4 is 37.4 Å². The van der Waals surface area contributed by atoms with E-state index in [0.717, 1.165) is 32.7 Å². The van der Waals surface area contributed by atoms with Crippen LogP contribution < -0.4 is 5.32 Å². The Balaban J connectivity index is 1.80. The Kier molecular flexibility index (Phi) is 3.47. The predicted octanol–water partition coefficient (Wildman–Crippen LogP) is 3.07. The van der Waals surface area contributed by atoms with Crippen LogP contribution in [0.2, 0.25) is 0 Å². The van der Waals surface area contributed by atoms with Crippen molar-refractivity contribution in [1.82, 2.24) is 10.2 Å². The molecule has 2 aromatic rings. The van der Waals surface area contributed by atoms with Crippen molar-refractivity contribution in [3.63, 3.8) is 0 Å². The molecule has 2 heterocycles. The molecule has 1 aromatic heterocycles. The molecule has 90 valence electrons. The molecule has 0 unspecified atom stereocenters. The van der Waals surface area contributed by atoms with Gasteiger partial charge in [-0.05, 0) is 23.6 Å². The van der Waals surface area contributed by atoms with Gasteiger partial charge in [-0.1, -0.05) is 22.0 Å². The second-order valence-electron chi connectivity index (χ2n) is 4.42. The third-order valence-corrected chi connectivity index (χ3v) is 4.70. The summed E-state index contributed by atoms with van der Waals surface area (Å²) < 4.78 is 2.55. The number of hydrogen-bond acceptors (Lipinski definition) is 3. The van der Waals surface area contributed by atoms with Crippen molar-refractivity contribution in [1.29, 1.82) is 0 Å². The van der Waals surface area contributed by atoms with Gasteiger partial charge in [-0.3, -0.25) is 4.90 Å². The summed E-state index contributed by atoms with van der Waals surface area (Å²) in [4.78, 5) is 4.00. The number of thiophene rings is 1. The summed E-state index contributed by atoms with van der Waals surface area (Å²) in [5.74, 6) is 0. The van der Waals surface area contributed by atoms with Crippen molar-refractivity contribution in [2.75, 3.05) is 26.2 Å². The largest absolute Gasteiger partial charge is 0.314 e. The maximum atomic E-state index is 3.53. The van der Waals surface area contributed by atoms with E-state index in [9.17, 15) is 0 Å². The Morgan fingerprint density at radius 3 is 2.88 bits per heavy atom. The van der Waals surface area contributed by atoms with E-state index in [1.807, 2.05) is 11.3 Å². The molecule has 1 aromatic carbocycles. The molecule has 2 nitrogen and oxygen atoms in total. The van der Waals surface area contributed by atoms with E-state index in [1.54, 1.807) is 0 Å². The van der Waals surface area contributed by atoms with E-state index < -0.39 is 0 Å². The first-order valence-electron chi connectivity index (χ1n) is 5.92. The minimum Gasteiger partial charge on any atom is -0.314 e. The molecule has 0 amide bonds. The third kappa shape index (κ3) is 2.71. The van der Waals surface area contributed by atoms with Crippen molar-refractivity contribution < 1.29 is 0 Å². The van der Waals surface area contributed by atoms with Gasteiger partial charge >= 0.3 is 0 Å². The van der Waals surface area contributed by atoms with Crippen LogP contribution in [0.25, 0.3) is 10.1 Å². The highest BCUT2D eigenvalue weighted by atomic mass is 79.9. The van der Waals surface area contributed by atoms with Crippen LogP contribution in [-0.4, -0.2) is 31.1 Å². The van der Waals surface area contributed by atoms with Crippen LogP contribution in [0.3, 0.4) is 0 Å². The van der Waals surface area contributed by atoms with Gasteiger partial charge in [0.15, 0.2) is 0 Å². The molecule has 1 N–H and O–H groups in total. The first-order valence-corrected chi connectivity index (χ1v) is 7.53. The molecular formula is C13H15BrN2S. The first kappa shape index (κ1) is 11.7. The molecule has 1 aliphatic heterocycles. The monoisotopic (exact) mass is 310 g/mol. The molecule has 1 fully saturated rings. The molecule has 4 heteroatoms. The summed E-state index contributed by atoms with van der Waals surface area (Å²) in [5.41, 5.74) is 0. The molecular weight excluding hydrogens is 296 g/mol. The lowest BCUT2D eigenvalue weighted by molar-refractivity contribution is 0.235. The normalized spacial score (nSPS) is 17.7. The van der Waals surface area contributed by atoms with Crippen molar-refractivity contribution in [2.45, 2.75) is 6.54 Å². The van der Waals surface area contributed by atoms with Gasteiger partial charge in [-0.25, -0.2) is 0 Å². The predicted molar refractivity (Wildman–Crippen MR) is 77.7 cm³/mol. The van der Waals surface area contributed by atoms with E-state index in [2.05, 4.69) is 50.4 Å². The van der Waals surface area contributed by atoms with Crippen molar-refractivity contribution in [3.8, 4) is 0 Å². The summed E-state index contributed by atoms with van der Waals surface area (Å²) >= 11 is 5.44. The zero-order chi connectivity index (χ0) is 11.7. The molecule has 0 spiro atoms. The average Bonchev–Trinajstić information content (AvgIpc) is 2.71. The summed E-state index contributed by atoms with van der Waals surface area (Å²) in [6.07, 6.45) is 0. The van der Waals surface area contributed by atoms with Crippen LogP contribution in [0.5, 0.6) is 0 Å². The van der Waals surface area contributed by atoms with E-state index in [1.165, 1.54) is 19.4 Å². The third-order valence-electron chi connectivity index (χ3n) is 3.12. The molecule has 0 aliphatic carbocycles. The van der Waals surface area contributed by atoms with E-state index in [-0.39, 0.29) is 0 Å². The minimum atomic E-state index is 1.10. The number of nitrogens with zero attached hydrogens (tertiary/aromatic N) is 1. The average molecular weight is 311 g/mol. The molecule has 3 rings (SSSR count). The molecule has 0 radical (unpaired) electrons. The van der Waals surface area contributed by atoms with Crippen LogP contribution >= 0.6 is 27.3 Å². The molecule has 0 saturated carbocycles. The maximum absolute atomic E-state index is 3.53. The highest BCUT2D eigenvalue weighted by Crippen LogP contribution is 2.29. The first-order chi connectivity index (χ1) is 8.31. The number of nitrogens with one attached hydrogen (secondary N) is 1. The lowest BCUT2D eigenvalue weighted by Crippen LogP contribution is -2.42. The van der Waals surface area contributed by atoms with Gasteiger partial charge < -0.3 is 5.32 Å². The number of benzene rings is 1. The van der Waals surface area contributed by atoms with Crippen LogP contribution in [0.1, 0.15) is 4.88 Å². The standard InChI is InChI=1S/C13H15BrN2S/c14-11-2-1-10-7-12(17-13(10)8-11)9-16-5-3-15-4-6-16/h1-2,7-8,15H,3-6,9H2. The maximum Gasteiger partial charge on any atom is 0.0357 e. The van der Waals surface area contributed by atoms with Crippen LogP contribution in [0, 0.1) is 0 Å². The van der Waals surface area contributed by atoms with E-state index >= 15 is 0 Å². The van der Waals surface area contributed by atoms with Crippen LogP contribution in [0.15, 0.2) is 28.7 Å². The molecule has 0 bridgehead atoms. The van der Waals surface area contributed by atoms with Gasteiger partial charge in [0.05, 0.1) is 0 Å². The van der Waals surface area contributed by atoms with Crippen LogP contribution in [0.4, 0.5) is 0 Å². The zero-order valence-corrected chi connectivity index (χ0v) is 12.0. The number of fused-ring (bicyclic) bond motifs is 1. The van der Waals surface area contributed by atoms with Gasteiger partial charge in [0.1, 0.15) is 0 Å². The fourth-order valence-electron chi connectivity index (χ4n) is 2.23. The molecule has 1 aliphatic rings. The Morgan fingerprint density at radius 1 is 1.24 bits per heavy atom. The Hall–Kier alpha value is -0.420. The fraction of sp³-hybridized carbons (Fsp3) is 0.385. The van der Waals surface area contributed by atoms with Crippen molar-refractivity contribution in [2.24, 2.45) is 0 Å². The zero-order valence-electron chi connectivity index (χ0n) is 9.58. The van der Waals surface area contributed by atoms with Crippen LogP contribution in [-0.2, 0) is 6.54 Å². The van der Waals surface area contributed by atoms with Crippen molar-refractivity contribution in [3.05, 3.63) is 33.6 Å². The smallest absolute Gasteiger partial charge is 0.0357 e. The number of hydrogen-bond donors (Lipinski definition) is 1. The van der Waals surface area contributed by atoms with E-state index in [0.29, 0.717) is 0 Å². The van der Waals surface area contributed by atoms with E-state index in [4.69, 9.17) is 0 Å². The topological polar surface area (TPSA) is 15.3 Å². The van der Waals surface area contributed by atoms with Gasteiger partial charge in [0, 0.05) is 46.8 Å². The highest BCUT2D eigenvalue weighted by Gasteiger charge is 2.11. The number of halogens is 1. The summed E-state index contributed by atoms with van der Waals surface area (Å²) in [7, 11) is 0. The quantitative estimate of drug-likeness (QED) is 0.917. The fourth-order valence-corrected chi connectivity index (χ4v) is 3.89. The van der Waals surface area contributed by atoms with Gasteiger partial charge in [0.2, 0.25) is 0 Å². The Bertz CT molecular complexity index is 517. The summed E-state index contributed by atoms with van der Waals surface area (Å²) in [5, 5.41) is 4.75.